The third kappa shape index (κ3) is 103. The fourth-order valence-electron chi connectivity index (χ4n) is 0.0494. The largest absolute Gasteiger partial charge is 0.481 e. The number of carboxylic acids is 2. The van der Waals surface area contributed by atoms with Crippen LogP contribution in [0.3, 0.4) is 0 Å². The Kier molecular flexibility index (Phi) is 8.17. The first kappa shape index (κ1) is 11.2. The number of nitrogens with zero attached hydrogens (tertiary/aromatic N) is 2. The van der Waals surface area contributed by atoms with Gasteiger partial charge in [0.1, 0.15) is 0 Å². The second-order valence-electron chi connectivity index (χ2n) is 1.10. The molecule has 0 aromatic carbocycles. The van der Waals surface area contributed by atoms with Gasteiger partial charge in [-0.05, 0) is 0 Å². The molecule has 0 radical (unpaired) electrons. The lowest BCUT2D eigenvalue weighted by atomic mass is 10.8. The molecule has 0 aliphatic carbocycles. The van der Waals surface area contributed by atoms with Crippen LogP contribution in [0.15, 0.2) is 0 Å². The van der Waals surface area contributed by atoms with Crippen LogP contribution in [-0.4, -0.2) is 33.2 Å². The lowest BCUT2D eigenvalue weighted by Crippen LogP contribution is -1.94. The van der Waals surface area contributed by atoms with E-state index in [1.807, 2.05) is 0 Å². The minimum absolute atomic E-state index is 0.389. The first-order valence-corrected chi connectivity index (χ1v) is 2.10. The fourth-order valence-corrected chi connectivity index (χ4v) is 0.0494. The number of hydrogen-bond donors (Lipinski definition) is 2. The molecule has 0 rings (SSSR count). The summed E-state index contributed by atoms with van der Waals surface area (Å²) in [5.41, 5.74) is 7.43. The maximum atomic E-state index is 9.29. The third-order valence-electron chi connectivity index (χ3n) is 0.168. The van der Waals surface area contributed by atoms with E-state index in [-0.39, 0.29) is 0 Å². The Morgan fingerprint density at radius 3 is 1.80 bits per heavy atom. The van der Waals surface area contributed by atoms with Crippen molar-refractivity contribution in [2.45, 2.75) is 6.92 Å². The van der Waals surface area contributed by atoms with E-state index in [1.165, 1.54) is 0 Å². The summed E-state index contributed by atoms with van der Waals surface area (Å²) in [7, 11) is 0. The van der Waals surface area contributed by atoms with Crippen LogP contribution in [0, 0.1) is 0 Å². The van der Waals surface area contributed by atoms with Crippen molar-refractivity contribution in [2.24, 2.45) is 0 Å². The molecule has 10 heavy (non-hydrogen) atoms. The summed E-state index contributed by atoms with van der Waals surface area (Å²) >= 11 is 0. The van der Waals surface area contributed by atoms with Gasteiger partial charge in [-0.3, -0.25) is 4.79 Å². The zero-order valence-corrected chi connectivity index (χ0v) is 5.18. The predicted molar refractivity (Wildman–Crippen MR) is 30.6 cm³/mol. The van der Waals surface area contributed by atoms with Crippen molar-refractivity contribution in [3.8, 4) is 0 Å². The van der Waals surface area contributed by atoms with E-state index in [1.54, 1.807) is 0 Å². The van der Waals surface area contributed by atoms with Gasteiger partial charge in [-0.2, -0.15) is 4.79 Å². The first-order chi connectivity index (χ1) is 4.50. The van der Waals surface area contributed by atoms with Gasteiger partial charge in [-0.1, -0.05) is 0 Å². The highest BCUT2D eigenvalue weighted by molar-refractivity contribution is 6.19. The molecule has 0 atom stereocenters. The Balaban J connectivity index is 0. The van der Waals surface area contributed by atoms with Gasteiger partial charge in [0.05, 0.1) is 0 Å². The fraction of sp³-hybridized carbons (Fsp3) is 0.250. The third-order valence-corrected chi connectivity index (χ3v) is 0.168. The summed E-state index contributed by atoms with van der Waals surface area (Å²) in [4.78, 5) is 20.5. The van der Waals surface area contributed by atoms with Gasteiger partial charge in [0.25, 0.3) is 5.97 Å². The minimum Gasteiger partial charge on any atom is -0.481 e. The molecule has 0 bridgehead atoms. The lowest BCUT2D eigenvalue weighted by Gasteiger charge is -1.59. The summed E-state index contributed by atoms with van der Waals surface area (Å²) in [5, 5.41) is 15.0. The van der Waals surface area contributed by atoms with E-state index < -0.39 is 11.9 Å². The zero-order valence-electron chi connectivity index (χ0n) is 5.18. The maximum absolute atomic E-state index is 9.29. The molecule has 6 heteroatoms. The van der Waals surface area contributed by atoms with E-state index in [0.717, 1.165) is 6.92 Å². The Morgan fingerprint density at radius 1 is 1.50 bits per heavy atom. The van der Waals surface area contributed by atoms with E-state index in [0.29, 0.717) is 6.21 Å². The molecule has 0 aliphatic rings. The predicted octanol–water partition coefficient (Wildman–Crippen LogP) is -0.538. The van der Waals surface area contributed by atoms with E-state index >= 15 is 0 Å². The van der Waals surface area contributed by atoms with Gasteiger partial charge >= 0.3 is 12.2 Å². The highest BCUT2D eigenvalue weighted by atomic mass is 16.4. The second-order valence-corrected chi connectivity index (χ2v) is 1.10. The van der Waals surface area contributed by atoms with Crippen LogP contribution < -0.4 is 0 Å². The molecule has 0 fully saturated rings. The summed E-state index contributed by atoms with van der Waals surface area (Å²) in [6.07, 6.45) is 0.389. The van der Waals surface area contributed by atoms with Crippen molar-refractivity contribution in [3.63, 3.8) is 0 Å². The molecule has 0 saturated carbocycles. The molecular formula is C4H6N2O4. The van der Waals surface area contributed by atoms with Crippen molar-refractivity contribution in [2.75, 3.05) is 0 Å². The Hall–Kier alpha value is -1.68. The van der Waals surface area contributed by atoms with Crippen LogP contribution in [0.4, 0.5) is 0 Å². The maximum Gasteiger partial charge on any atom is 0.411 e. The SMILES string of the molecule is CC(=O)O.[N-]=[N+]=CC(=O)O. The van der Waals surface area contributed by atoms with Gasteiger partial charge in [-0.15, -0.1) is 0 Å². The smallest absolute Gasteiger partial charge is 0.411 e. The van der Waals surface area contributed by atoms with Crippen LogP contribution in [-0.2, 0) is 9.59 Å². The molecule has 0 unspecified atom stereocenters. The normalized spacial score (nSPS) is 6.10. The van der Waals surface area contributed by atoms with Gasteiger partial charge in [0.15, 0.2) is 0 Å². The highest BCUT2D eigenvalue weighted by Gasteiger charge is 1.88. The number of carbonyl (C=O) groups is 2. The average Bonchev–Trinajstić information content (AvgIpc) is 1.62. The van der Waals surface area contributed by atoms with Gasteiger partial charge < -0.3 is 15.7 Å². The zero-order chi connectivity index (χ0) is 8.57. The summed E-state index contributed by atoms with van der Waals surface area (Å²) in [5.74, 6) is -2.09. The number of aliphatic carboxylic acids is 2. The molecule has 0 spiro atoms. The standard InChI is InChI=1S/C2H2N2O2.C2H4O2/c3-4-1-2(5)6;1-2(3)4/h1H,(H,5,6);1H3,(H,3,4). The van der Waals surface area contributed by atoms with E-state index in [9.17, 15) is 4.79 Å². The van der Waals surface area contributed by atoms with Crippen molar-refractivity contribution in [3.05, 3.63) is 5.53 Å². The quantitative estimate of drug-likeness (QED) is 0.294. The van der Waals surface area contributed by atoms with Crippen LogP contribution in [0.2, 0.25) is 0 Å². The van der Waals surface area contributed by atoms with Crippen molar-refractivity contribution < 1.29 is 24.6 Å². The van der Waals surface area contributed by atoms with Crippen LogP contribution in [0.25, 0.3) is 5.53 Å². The van der Waals surface area contributed by atoms with Crippen molar-refractivity contribution in [1.82, 2.24) is 0 Å². The number of rotatable bonds is 1. The molecule has 0 saturated heterocycles. The van der Waals surface area contributed by atoms with E-state index in [4.69, 9.17) is 20.5 Å². The average molecular weight is 146 g/mol. The Morgan fingerprint density at radius 2 is 1.80 bits per heavy atom. The lowest BCUT2D eigenvalue weighted by molar-refractivity contribution is -0.134. The molecule has 0 aromatic rings. The Bertz CT molecular complexity index is 166. The highest BCUT2D eigenvalue weighted by Crippen LogP contribution is 1.42. The van der Waals surface area contributed by atoms with Gasteiger partial charge in [0, 0.05) is 6.92 Å². The van der Waals surface area contributed by atoms with Crippen LogP contribution >= 0.6 is 0 Å². The number of hydrogen-bond acceptors (Lipinski definition) is 2. The van der Waals surface area contributed by atoms with Gasteiger partial charge in [-0.25, -0.2) is 4.79 Å². The van der Waals surface area contributed by atoms with Crippen LogP contribution in [0.1, 0.15) is 6.92 Å². The molecule has 0 aromatic heterocycles. The van der Waals surface area contributed by atoms with Crippen LogP contribution in [0.5, 0.6) is 0 Å². The molecular weight excluding hydrogens is 140 g/mol. The molecule has 6 nitrogen and oxygen atoms in total. The molecule has 0 amide bonds. The molecule has 56 valence electrons. The summed E-state index contributed by atoms with van der Waals surface area (Å²) < 4.78 is 0. The molecule has 0 aliphatic heterocycles. The van der Waals surface area contributed by atoms with Crippen molar-refractivity contribution >= 4 is 18.2 Å². The summed E-state index contributed by atoms with van der Waals surface area (Å²) in [6.45, 7) is 1.08. The van der Waals surface area contributed by atoms with Crippen molar-refractivity contribution in [1.29, 1.82) is 0 Å². The summed E-state index contributed by atoms with van der Waals surface area (Å²) in [6, 6.07) is 0. The first-order valence-electron chi connectivity index (χ1n) is 2.10. The Labute approximate surface area is 56.3 Å². The van der Waals surface area contributed by atoms with E-state index in [2.05, 4.69) is 4.79 Å². The molecule has 2 N–H and O–H groups in total. The van der Waals surface area contributed by atoms with Gasteiger partial charge in [0.2, 0.25) is 0 Å². The monoisotopic (exact) mass is 146 g/mol. The second kappa shape index (κ2) is 7.32. The molecule has 0 heterocycles. The minimum atomic E-state index is -1.25. The number of carboxylic acid groups (broad SMARTS) is 2. The topological polar surface area (TPSA) is 111 Å².